The topological polar surface area (TPSA) is 76.2 Å². The average molecular weight is 404 g/mol. The van der Waals surface area contributed by atoms with Gasteiger partial charge in [-0.25, -0.2) is 8.42 Å². The molecule has 0 aliphatic carbocycles. The van der Waals surface area contributed by atoms with Gasteiger partial charge in [0.2, 0.25) is 10.0 Å². The van der Waals surface area contributed by atoms with Crippen molar-refractivity contribution in [1.82, 2.24) is 9.21 Å². The van der Waals surface area contributed by atoms with Gasteiger partial charge in [-0.2, -0.15) is 4.31 Å². The molecule has 1 amide bonds. The Kier molecular flexibility index (Phi) is 6.21. The summed E-state index contributed by atoms with van der Waals surface area (Å²) in [6, 6.07) is 14.1. The maximum atomic E-state index is 12.8. The van der Waals surface area contributed by atoms with Gasteiger partial charge in [0.05, 0.1) is 20.0 Å². The molecule has 3 rings (SSSR count). The van der Waals surface area contributed by atoms with Crippen LogP contribution in [0.15, 0.2) is 48.5 Å². The van der Waals surface area contributed by atoms with Crippen molar-refractivity contribution < 1.29 is 22.7 Å². The van der Waals surface area contributed by atoms with E-state index in [1.54, 1.807) is 35.2 Å². The molecule has 1 saturated heterocycles. The van der Waals surface area contributed by atoms with Crippen LogP contribution in [0.1, 0.15) is 15.9 Å². The number of sulfonamides is 1. The van der Waals surface area contributed by atoms with E-state index in [1.807, 2.05) is 18.2 Å². The van der Waals surface area contributed by atoms with Crippen LogP contribution in [-0.4, -0.2) is 63.9 Å². The number of methoxy groups -OCH3 is 2. The van der Waals surface area contributed by atoms with E-state index in [0.29, 0.717) is 30.2 Å². The van der Waals surface area contributed by atoms with Crippen LogP contribution in [0.3, 0.4) is 0 Å². The Balaban J connectivity index is 1.64. The van der Waals surface area contributed by atoms with Crippen LogP contribution in [0, 0.1) is 0 Å². The number of piperazine rings is 1. The first-order chi connectivity index (χ1) is 13.4. The van der Waals surface area contributed by atoms with Gasteiger partial charge in [-0.05, 0) is 23.8 Å². The van der Waals surface area contributed by atoms with E-state index in [-0.39, 0.29) is 24.7 Å². The molecule has 1 heterocycles. The first-order valence-electron chi connectivity index (χ1n) is 8.97. The SMILES string of the molecule is COc1ccc(C(=O)N2CCN(S(=O)(=O)Cc3ccccc3)CC2)cc1OC. The summed E-state index contributed by atoms with van der Waals surface area (Å²) in [4.78, 5) is 14.4. The zero-order valence-electron chi connectivity index (χ0n) is 16.0. The van der Waals surface area contributed by atoms with Crippen LogP contribution in [0.25, 0.3) is 0 Å². The van der Waals surface area contributed by atoms with Crippen LogP contribution >= 0.6 is 0 Å². The third-order valence-corrected chi connectivity index (χ3v) is 6.59. The molecule has 0 bridgehead atoms. The van der Waals surface area contributed by atoms with Gasteiger partial charge < -0.3 is 14.4 Å². The highest BCUT2D eigenvalue weighted by Gasteiger charge is 2.29. The van der Waals surface area contributed by atoms with Gasteiger partial charge in [-0.1, -0.05) is 30.3 Å². The smallest absolute Gasteiger partial charge is 0.254 e. The minimum absolute atomic E-state index is 0.0303. The fraction of sp³-hybridized carbons (Fsp3) is 0.350. The maximum absolute atomic E-state index is 12.8. The summed E-state index contributed by atoms with van der Waals surface area (Å²) in [6.07, 6.45) is 0. The molecule has 0 spiro atoms. The molecule has 2 aromatic carbocycles. The fourth-order valence-corrected chi connectivity index (χ4v) is 4.71. The molecular formula is C20H24N2O5S. The third kappa shape index (κ3) is 4.45. The van der Waals surface area contributed by atoms with Crippen molar-refractivity contribution in [3.8, 4) is 11.5 Å². The number of hydrogen-bond donors (Lipinski definition) is 0. The van der Waals surface area contributed by atoms with Crippen LogP contribution in [0.4, 0.5) is 0 Å². The summed E-state index contributed by atoms with van der Waals surface area (Å²) in [5.41, 5.74) is 1.24. The lowest BCUT2D eigenvalue weighted by atomic mass is 10.1. The molecule has 7 nitrogen and oxygen atoms in total. The second kappa shape index (κ2) is 8.62. The molecule has 1 fully saturated rings. The predicted molar refractivity (Wildman–Crippen MR) is 106 cm³/mol. The Labute approximate surface area is 165 Å². The summed E-state index contributed by atoms with van der Waals surface area (Å²) in [5.74, 6) is 0.853. The van der Waals surface area contributed by atoms with Crippen molar-refractivity contribution in [2.45, 2.75) is 5.75 Å². The van der Waals surface area contributed by atoms with Crippen molar-refractivity contribution in [3.05, 3.63) is 59.7 Å². The van der Waals surface area contributed by atoms with Crippen molar-refractivity contribution in [2.24, 2.45) is 0 Å². The van der Waals surface area contributed by atoms with E-state index in [1.165, 1.54) is 18.5 Å². The second-order valence-electron chi connectivity index (χ2n) is 6.50. The first-order valence-corrected chi connectivity index (χ1v) is 10.6. The van der Waals surface area contributed by atoms with Crippen molar-refractivity contribution in [3.63, 3.8) is 0 Å². The highest BCUT2D eigenvalue weighted by atomic mass is 32.2. The van der Waals surface area contributed by atoms with E-state index in [4.69, 9.17) is 9.47 Å². The Morgan fingerprint density at radius 1 is 0.929 bits per heavy atom. The lowest BCUT2D eigenvalue weighted by Gasteiger charge is -2.34. The molecule has 1 aliphatic rings. The molecule has 0 atom stereocenters. The molecule has 0 radical (unpaired) electrons. The van der Waals surface area contributed by atoms with Crippen molar-refractivity contribution in [1.29, 1.82) is 0 Å². The summed E-state index contributed by atoms with van der Waals surface area (Å²) >= 11 is 0. The molecule has 0 N–H and O–H groups in total. The highest BCUT2D eigenvalue weighted by Crippen LogP contribution is 2.28. The largest absolute Gasteiger partial charge is 0.493 e. The molecule has 150 valence electrons. The Morgan fingerprint density at radius 3 is 2.18 bits per heavy atom. The normalized spacial score (nSPS) is 15.3. The molecular weight excluding hydrogens is 380 g/mol. The second-order valence-corrected chi connectivity index (χ2v) is 8.47. The number of carbonyl (C=O) groups excluding carboxylic acids is 1. The van der Waals surface area contributed by atoms with Crippen molar-refractivity contribution in [2.75, 3.05) is 40.4 Å². The van der Waals surface area contributed by atoms with Gasteiger partial charge in [-0.15, -0.1) is 0 Å². The van der Waals surface area contributed by atoms with Gasteiger partial charge >= 0.3 is 0 Å². The number of ether oxygens (including phenoxy) is 2. The number of rotatable bonds is 6. The van der Waals surface area contributed by atoms with Crippen LogP contribution < -0.4 is 9.47 Å². The highest BCUT2D eigenvalue weighted by molar-refractivity contribution is 7.88. The zero-order chi connectivity index (χ0) is 20.1. The summed E-state index contributed by atoms with van der Waals surface area (Å²) in [7, 11) is -0.358. The van der Waals surface area contributed by atoms with Crippen LogP contribution in [-0.2, 0) is 15.8 Å². The van der Waals surface area contributed by atoms with Crippen molar-refractivity contribution >= 4 is 15.9 Å². The van der Waals surface area contributed by atoms with Crippen LogP contribution in [0.5, 0.6) is 11.5 Å². The molecule has 1 aliphatic heterocycles. The number of amides is 1. The van der Waals surface area contributed by atoms with Gasteiger partial charge in [0.15, 0.2) is 11.5 Å². The van der Waals surface area contributed by atoms with E-state index in [2.05, 4.69) is 0 Å². The monoisotopic (exact) mass is 404 g/mol. The molecule has 8 heteroatoms. The van der Waals surface area contributed by atoms with E-state index in [9.17, 15) is 13.2 Å². The molecule has 2 aromatic rings. The molecule has 28 heavy (non-hydrogen) atoms. The predicted octanol–water partition coefficient (Wildman–Crippen LogP) is 1.99. The van der Waals surface area contributed by atoms with E-state index < -0.39 is 10.0 Å². The van der Waals surface area contributed by atoms with E-state index in [0.717, 1.165) is 5.56 Å². The Morgan fingerprint density at radius 2 is 1.57 bits per heavy atom. The average Bonchev–Trinajstić information content (AvgIpc) is 2.73. The molecule has 0 saturated carbocycles. The number of benzene rings is 2. The van der Waals surface area contributed by atoms with Gasteiger partial charge in [0.1, 0.15) is 0 Å². The number of hydrogen-bond acceptors (Lipinski definition) is 5. The molecule has 0 aromatic heterocycles. The number of nitrogens with zero attached hydrogens (tertiary/aromatic N) is 2. The van der Waals surface area contributed by atoms with Crippen LogP contribution in [0.2, 0.25) is 0 Å². The standard InChI is InChI=1S/C20H24N2O5S/c1-26-18-9-8-17(14-19(18)27-2)20(23)21-10-12-22(13-11-21)28(24,25)15-16-6-4-3-5-7-16/h3-9,14H,10-13,15H2,1-2H3. The van der Waals surface area contributed by atoms with Gasteiger partial charge in [0, 0.05) is 31.7 Å². The van der Waals surface area contributed by atoms with Gasteiger partial charge in [0.25, 0.3) is 5.91 Å². The third-order valence-electron chi connectivity index (χ3n) is 4.74. The lowest BCUT2D eigenvalue weighted by molar-refractivity contribution is 0.0697. The van der Waals surface area contributed by atoms with Gasteiger partial charge in [-0.3, -0.25) is 4.79 Å². The summed E-state index contributed by atoms with van der Waals surface area (Å²) in [5, 5.41) is 0. The summed E-state index contributed by atoms with van der Waals surface area (Å²) < 4.78 is 37.2. The summed E-state index contributed by atoms with van der Waals surface area (Å²) in [6.45, 7) is 1.27. The van der Waals surface area contributed by atoms with E-state index >= 15 is 0 Å². The zero-order valence-corrected chi connectivity index (χ0v) is 16.8. The maximum Gasteiger partial charge on any atom is 0.254 e. The Bertz CT molecular complexity index is 923. The quantitative estimate of drug-likeness (QED) is 0.736. The minimum Gasteiger partial charge on any atom is -0.493 e. The lowest BCUT2D eigenvalue weighted by Crippen LogP contribution is -2.50. The minimum atomic E-state index is -3.41. The first kappa shape index (κ1) is 20.2. The fourth-order valence-electron chi connectivity index (χ4n) is 3.20. The molecule has 0 unspecified atom stereocenters. The number of carbonyl (C=O) groups is 1. The Hall–Kier alpha value is -2.58.